The zero-order chi connectivity index (χ0) is 19.8. The molecule has 0 spiro atoms. The van der Waals surface area contributed by atoms with Crippen molar-refractivity contribution in [1.29, 1.82) is 0 Å². The molecule has 30 heavy (non-hydrogen) atoms. The number of pyridine rings is 1. The van der Waals surface area contributed by atoms with Crippen molar-refractivity contribution in [1.82, 2.24) is 19.4 Å². The van der Waals surface area contributed by atoms with Crippen LogP contribution in [-0.4, -0.2) is 34.3 Å². The summed E-state index contributed by atoms with van der Waals surface area (Å²) in [5.41, 5.74) is 4.57. The summed E-state index contributed by atoms with van der Waals surface area (Å²) >= 11 is 0. The molecule has 6 nitrogen and oxygen atoms in total. The molecule has 1 aliphatic heterocycles. The van der Waals surface area contributed by atoms with E-state index < -0.39 is 0 Å². The van der Waals surface area contributed by atoms with Gasteiger partial charge in [-0.3, -0.25) is 9.13 Å². The summed E-state index contributed by atoms with van der Waals surface area (Å²) in [5.74, 6) is 0.832. The second-order valence-corrected chi connectivity index (χ2v) is 7.26. The van der Waals surface area contributed by atoms with Gasteiger partial charge in [-0.25, -0.2) is 9.78 Å². The van der Waals surface area contributed by atoms with Crippen molar-refractivity contribution in [3.8, 4) is 22.6 Å². The maximum absolute atomic E-state index is 13.3. The van der Waals surface area contributed by atoms with E-state index >= 15 is 0 Å². The van der Waals surface area contributed by atoms with Gasteiger partial charge in [0.05, 0.1) is 24.4 Å². The summed E-state index contributed by atoms with van der Waals surface area (Å²) in [7, 11) is 1.66. The van der Waals surface area contributed by atoms with Crippen molar-refractivity contribution < 1.29 is 4.74 Å². The van der Waals surface area contributed by atoms with Crippen molar-refractivity contribution in [3.63, 3.8) is 0 Å². The van der Waals surface area contributed by atoms with Crippen molar-refractivity contribution in [2.24, 2.45) is 0 Å². The lowest BCUT2D eigenvalue weighted by Gasteiger charge is -2.09. The lowest BCUT2D eigenvalue weighted by molar-refractivity contribution is 0.415. The minimum Gasteiger partial charge on any atom is -0.497 e. The number of ether oxygens (including phenoxy) is 1. The number of aromatic nitrogens is 3. The zero-order valence-corrected chi connectivity index (χ0v) is 17.4. The number of hydrogen-bond donors (Lipinski definition) is 1. The van der Waals surface area contributed by atoms with E-state index in [4.69, 9.17) is 4.74 Å². The molecule has 1 N–H and O–H groups in total. The number of nitrogens with zero attached hydrogens (tertiary/aromatic N) is 3. The van der Waals surface area contributed by atoms with Gasteiger partial charge in [-0.2, -0.15) is 0 Å². The Morgan fingerprint density at radius 2 is 1.73 bits per heavy atom. The Morgan fingerprint density at radius 3 is 2.37 bits per heavy atom. The van der Waals surface area contributed by atoms with E-state index in [2.05, 4.69) is 10.3 Å². The lowest BCUT2D eigenvalue weighted by atomic mass is 10.1. The van der Waals surface area contributed by atoms with Crippen LogP contribution in [0.25, 0.3) is 28.0 Å². The van der Waals surface area contributed by atoms with Gasteiger partial charge in [0.2, 0.25) is 0 Å². The molecule has 2 aromatic carbocycles. The maximum Gasteiger partial charge on any atom is 0.335 e. The first-order chi connectivity index (χ1) is 14.3. The van der Waals surface area contributed by atoms with Crippen LogP contribution in [0.5, 0.6) is 5.75 Å². The van der Waals surface area contributed by atoms with Crippen LogP contribution in [0.4, 0.5) is 0 Å². The summed E-state index contributed by atoms with van der Waals surface area (Å²) in [5, 5.41) is 3.34. The quantitative estimate of drug-likeness (QED) is 0.543. The minimum absolute atomic E-state index is 0. The van der Waals surface area contributed by atoms with Gasteiger partial charge < -0.3 is 10.1 Å². The van der Waals surface area contributed by atoms with E-state index in [0.717, 1.165) is 53.2 Å². The number of nitrogens with one attached hydrogen (secondary N) is 1. The molecule has 1 aliphatic rings. The highest BCUT2D eigenvalue weighted by molar-refractivity contribution is 5.85. The van der Waals surface area contributed by atoms with Crippen LogP contribution >= 0.6 is 12.4 Å². The Morgan fingerprint density at radius 1 is 1.03 bits per heavy atom. The van der Waals surface area contributed by atoms with Crippen LogP contribution in [0.15, 0.2) is 71.7 Å². The molecule has 0 radical (unpaired) electrons. The third-order valence-corrected chi connectivity index (χ3v) is 5.58. The van der Waals surface area contributed by atoms with Crippen LogP contribution < -0.4 is 15.7 Å². The summed E-state index contributed by atoms with van der Waals surface area (Å²) in [4.78, 5) is 17.9. The summed E-state index contributed by atoms with van der Waals surface area (Å²) < 4.78 is 8.83. The molecule has 154 valence electrons. The first kappa shape index (κ1) is 20.2. The Bertz CT molecular complexity index is 1210. The van der Waals surface area contributed by atoms with E-state index in [9.17, 15) is 4.79 Å². The SMILES string of the molecule is COc1ccc(-c2ccc(-n3c(=O)n(C4CCNC4)c4ncccc43)cc2)cc1.Cl. The predicted molar refractivity (Wildman–Crippen MR) is 121 cm³/mol. The van der Waals surface area contributed by atoms with Gasteiger partial charge in [-0.15, -0.1) is 12.4 Å². The molecule has 4 aromatic rings. The molecule has 2 aromatic heterocycles. The van der Waals surface area contributed by atoms with Gasteiger partial charge in [0, 0.05) is 12.7 Å². The standard InChI is InChI=1S/C23H22N4O2.ClH/c1-29-20-10-6-17(7-11-20)16-4-8-18(9-5-16)26-21-3-2-13-25-22(21)27(23(26)28)19-12-14-24-15-19;/h2-11,13,19,24H,12,14-15H2,1H3;1H. The fraction of sp³-hybridized carbons (Fsp3) is 0.217. The first-order valence-electron chi connectivity index (χ1n) is 9.80. The second-order valence-electron chi connectivity index (χ2n) is 7.26. The highest BCUT2D eigenvalue weighted by Crippen LogP contribution is 2.25. The number of benzene rings is 2. The molecule has 5 rings (SSSR count). The Labute approximate surface area is 180 Å². The molecule has 1 fully saturated rings. The molecule has 0 aliphatic carbocycles. The van der Waals surface area contributed by atoms with Gasteiger partial charge in [0.1, 0.15) is 5.75 Å². The Kier molecular flexibility index (Phi) is 5.61. The molecule has 1 atom stereocenters. The Balaban J connectivity index is 0.00000218. The average Bonchev–Trinajstić information content (AvgIpc) is 3.39. The fourth-order valence-corrected chi connectivity index (χ4v) is 4.07. The largest absolute Gasteiger partial charge is 0.497 e. The number of halogens is 1. The summed E-state index contributed by atoms with van der Waals surface area (Å²) in [6.07, 6.45) is 2.68. The van der Waals surface area contributed by atoms with Crippen molar-refractivity contribution >= 4 is 23.6 Å². The van der Waals surface area contributed by atoms with E-state index in [1.165, 1.54) is 0 Å². The second kappa shape index (κ2) is 8.34. The van der Waals surface area contributed by atoms with Gasteiger partial charge >= 0.3 is 5.69 Å². The third kappa shape index (κ3) is 3.38. The smallest absolute Gasteiger partial charge is 0.335 e. The Hall–Kier alpha value is -3.09. The molecule has 0 amide bonds. The molecule has 1 saturated heterocycles. The van der Waals surface area contributed by atoms with Crippen molar-refractivity contribution in [2.75, 3.05) is 20.2 Å². The molecule has 1 unspecified atom stereocenters. The molecular weight excluding hydrogens is 400 g/mol. The third-order valence-electron chi connectivity index (χ3n) is 5.58. The molecular formula is C23H23ClN4O2. The van der Waals surface area contributed by atoms with Crippen molar-refractivity contribution in [2.45, 2.75) is 12.5 Å². The van der Waals surface area contributed by atoms with E-state index in [1.54, 1.807) is 17.9 Å². The van der Waals surface area contributed by atoms with Gasteiger partial charge in [-0.1, -0.05) is 24.3 Å². The van der Waals surface area contributed by atoms with E-state index in [-0.39, 0.29) is 24.1 Å². The number of rotatable bonds is 4. The van der Waals surface area contributed by atoms with Gasteiger partial charge in [0.15, 0.2) is 5.65 Å². The minimum atomic E-state index is -0.0374. The van der Waals surface area contributed by atoms with Crippen LogP contribution in [-0.2, 0) is 0 Å². The van der Waals surface area contributed by atoms with Crippen LogP contribution in [0.3, 0.4) is 0 Å². The maximum atomic E-state index is 13.3. The van der Waals surface area contributed by atoms with E-state index in [0.29, 0.717) is 0 Å². The first-order valence-corrected chi connectivity index (χ1v) is 9.80. The highest BCUT2D eigenvalue weighted by Gasteiger charge is 2.24. The van der Waals surface area contributed by atoms with Crippen LogP contribution in [0, 0.1) is 0 Å². The van der Waals surface area contributed by atoms with E-state index in [1.807, 2.05) is 65.2 Å². The topological polar surface area (TPSA) is 61.1 Å². The van der Waals surface area contributed by atoms with Gasteiger partial charge in [-0.05, 0) is 60.5 Å². The lowest BCUT2D eigenvalue weighted by Crippen LogP contribution is -2.28. The summed E-state index contributed by atoms with van der Waals surface area (Å²) in [6.45, 7) is 1.72. The molecule has 3 heterocycles. The van der Waals surface area contributed by atoms with Crippen LogP contribution in [0.2, 0.25) is 0 Å². The average molecular weight is 423 g/mol. The monoisotopic (exact) mass is 422 g/mol. The number of hydrogen-bond acceptors (Lipinski definition) is 4. The molecule has 7 heteroatoms. The predicted octanol–water partition coefficient (Wildman–Crippen LogP) is 3.82. The highest BCUT2D eigenvalue weighted by atomic mass is 35.5. The summed E-state index contributed by atoms with van der Waals surface area (Å²) in [6, 6.07) is 20.0. The number of imidazole rings is 1. The zero-order valence-electron chi connectivity index (χ0n) is 16.6. The molecule has 0 saturated carbocycles. The van der Waals surface area contributed by atoms with Crippen molar-refractivity contribution in [3.05, 3.63) is 77.3 Å². The molecule has 0 bridgehead atoms. The van der Waals surface area contributed by atoms with Crippen LogP contribution in [0.1, 0.15) is 12.5 Å². The number of fused-ring (bicyclic) bond motifs is 1. The van der Waals surface area contributed by atoms with Gasteiger partial charge in [0.25, 0.3) is 0 Å². The number of methoxy groups -OCH3 is 1. The normalized spacial score (nSPS) is 15.8. The fourth-order valence-electron chi connectivity index (χ4n) is 4.07.